The second-order valence-corrected chi connectivity index (χ2v) is 5.31. The van der Waals surface area contributed by atoms with Gasteiger partial charge in [0.25, 0.3) is 0 Å². The Bertz CT molecular complexity index is 247. The van der Waals surface area contributed by atoms with Crippen LogP contribution in [0.25, 0.3) is 0 Å². The van der Waals surface area contributed by atoms with Crippen LogP contribution in [-0.2, 0) is 6.54 Å². The van der Waals surface area contributed by atoms with Gasteiger partial charge in [0.15, 0.2) is 0 Å². The smallest absolute Gasteiger partial charge is 0.0328 e. The molecule has 2 heteroatoms. The van der Waals surface area contributed by atoms with Gasteiger partial charge in [-0.1, -0.05) is 19.9 Å². The quantitative estimate of drug-likeness (QED) is 0.717. The van der Waals surface area contributed by atoms with Crippen molar-refractivity contribution in [2.75, 3.05) is 13.1 Å². The van der Waals surface area contributed by atoms with E-state index in [4.69, 9.17) is 0 Å². The summed E-state index contributed by atoms with van der Waals surface area (Å²) in [6.07, 6.45) is 0. The molecule has 0 aromatic carbocycles. The SMILES string of the molecule is CC(C)C1CN(Cc2cccs2)C1. The summed E-state index contributed by atoms with van der Waals surface area (Å²) in [5.74, 6) is 1.81. The predicted molar refractivity (Wildman–Crippen MR) is 57.9 cm³/mol. The number of thiophene rings is 1. The normalized spacial score (nSPS) is 19.3. The zero-order valence-corrected chi connectivity index (χ0v) is 9.18. The summed E-state index contributed by atoms with van der Waals surface area (Å²) >= 11 is 1.87. The third-order valence-electron chi connectivity index (χ3n) is 2.89. The molecule has 0 N–H and O–H groups in total. The molecule has 0 amide bonds. The first-order valence-electron chi connectivity index (χ1n) is 5.00. The number of likely N-dealkylation sites (tertiary alicyclic amines) is 1. The molecule has 2 heterocycles. The first kappa shape index (κ1) is 9.22. The van der Waals surface area contributed by atoms with Crippen LogP contribution in [-0.4, -0.2) is 18.0 Å². The van der Waals surface area contributed by atoms with E-state index in [9.17, 15) is 0 Å². The van der Waals surface area contributed by atoms with Crippen molar-refractivity contribution in [3.8, 4) is 0 Å². The lowest BCUT2D eigenvalue weighted by molar-refractivity contribution is 0.0624. The predicted octanol–water partition coefficient (Wildman–Crippen LogP) is 2.84. The molecule has 0 spiro atoms. The molecule has 1 aromatic rings. The molecule has 1 fully saturated rings. The van der Waals surface area contributed by atoms with Crippen molar-refractivity contribution in [1.82, 2.24) is 4.90 Å². The van der Waals surface area contributed by atoms with E-state index >= 15 is 0 Å². The highest BCUT2D eigenvalue weighted by atomic mass is 32.1. The van der Waals surface area contributed by atoms with Gasteiger partial charge >= 0.3 is 0 Å². The number of nitrogens with zero attached hydrogens (tertiary/aromatic N) is 1. The lowest BCUT2D eigenvalue weighted by atomic mass is 9.88. The molecule has 1 aliphatic heterocycles. The third kappa shape index (κ3) is 2.12. The highest BCUT2D eigenvalue weighted by Crippen LogP contribution is 2.25. The second kappa shape index (κ2) is 3.81. The summed E-state index contributed by atoms with van der Waals surface area (Å²) in [4.78, 5) is 4.04. The summed E-state index contributed by atoms with van der Waals surface area (Å²) in [5.41, 5.74) is 0. The van der Waals surface area contributed by atoms with Gasteiger partial charge in [-0.25, -0.2) is 0 Å². The first-order valence-corrected chi connectivity index (χ1v) is 5.88. The van der Waals surface area contributed by atoms with Crippen molar-refractivity contribution < 1.29 is 0 Å². The van der Waals surface area contributed by atoms with Crippen molar-refractivity contribution in [2.45, 2.75) is 20.4 Å². The van der Waals surface area contributed by atoms with E-state index in [0.29, 0.717) is 0 Å². The summed E-state index contributed by atoms with van der Waals surface area (Å²) in [7, 11) is 0. The monoisotopic (exact) mass is 195 g/mol. The summed E-state index contributed by atoms with van der Waals surface area (Å²) < 4.78 is 0. The minimum atomic E-state index is 0.861. The average Bonchev–Trinajstić information content (AvgIpc) is 2.46. The Morgan fingerprint density at radius 3 is 2.85 bits per heavy atom. The Balaban J connectivity index is 1.76. The van der Waals surface area contributed by atoms with Crippen molar-refractivity contribution in [1.29, 1.82) is 0 Å². The summed E-state index contributed by atoms with van der Waals surface area (Å²) in [6.45, 7) is 8.42. The maximum Gasteiger partial charge on any atom is 0.0328 e. The molecule has 72 valence electrons. The van der Waals surface area contributed by atoms with Gasteiger partial charge in [0.1, 0.15) is 0 Å². The van der Waals surface area contributed by atoms with Gasteiger partial charge in [-0.3, -0.25) is 4.90 Å². The molecular formula is C11H17NS. The van der Waals surface area contributed by atoms with Crippen LogP contribution >= 0.6 is 11.3 Å². The van der Waals surface area contributed by atoms with Crippen molar-refractivity contribution in [2.24, 2.45) is 11.8 Å². The van der Waals surface area contributed by atoms with Gasteiger partial charge in [-0.2, -0.15) is 0 Å². The molecule has 0 atom stereocenters. The number of rotatable bonds is 3. The van der Waals surface area contributed by atoms with Crippen LogP contribution in [0.5, 0.6) is 0 Å². The molecule has 1 aromatic heterocycles. The fourth-order valence-corrected chi connectivity index (χ4v) is 2.53. The Morgan fingerprint density at radius 1 is 1.54 bits per heavy atom. The van der Waals surface area contributed by atoms with E-state index < -0.39 is 0 Å². The van der Waals surface area contributed by atoms with Gasteiger partial charge in [0, 0.05) is 24.5 Å². The number of hydrogen-bond acceptors (Lipinski definition) is 2. The molecule has 2 rings (SSSR count). The topological polar surface area (TPSA) is 3.24 Å². The molecule has 13 heavy (non-hydrogen) atoms. The molecule has 0 bridgehead atoms. The third-order valence-corrected chi connectivity index (χ3v) is 3.75. The molecule has 1 aliphatic rings. The van der Waals surface area contributed by atoms with Gasteiger partial charge in [0.2, 0.25) is 0 Å². The molecule has 0 radical (unpaired) electrons. The van der Waals surface area contributed by atoms with Crippen LogP contribution in [0.2, 0.25) is 0 Å². The van der Waals surface area contributed by atoms with E-state index in [-0.39, 0.29) is 0 Å². The molecular weight excluding hydrogens is 178 g/mol. The fourth-order valence-electron chi connectivity index (χ4n) is 1.78. The maximum atomic E-state index is 2.54. The van der Waals surface area contributed by atoms with E-state index in [1.54, 1.807) is 0 Å². The van der Waals surface area contributed by atoms with E-state index in [0.717, 1.165) is 11.8 Å². The summed E-state index contributed by atoms with van der Waals surface area (Å²) in [6, 6.07) is 4.37. The summed E-state index contributed by atoms with van der Waals surface area (Å²) in [5, 5.41) is 2.16. The van der Waals surface area contributed by atoms with Gasteiger partial charge in [-0.15, -0.1) is 11.3 Å². The highest BCUT2D eigenvalue weighted by Gasteiger charge is 2.28. The van der Waals surface area contributed by atoms with Crippen LogP contribution in [0.4, 0.5) is 0 Å². The standard InChI is InChI=1S/C11H17NS/c1-9(2)10-6-12(7-10)8-11-4-3-5-13-11/h3-5,9-10H,6-8H2,1-2H3. The first-order chi connectivity index (χ1) is 6.25. The van der Waals surface area contributed by atoms with Crippen LogP contribution in [0.3, 0.4) is 0 Å². The van der Waals surface area contributed by atoms with E-state index in [1.165, 1.54) is 24.5 Å². The molecule has 0 unspecified atom stereocenters. The van der Waals surface area contributed by atoms with Gasteiger partial charge in [0.05, 0.1) is 0 Å². The molecule has 1 nitrogen and oxygen atoms in total. The van der Waals surface area contributed by atoms with Crippen LogP contribution in [0.15, 0.2) is 17.5 Å². The second-order valence-electron chi connectivity index (χ2n) is 4.28. The Kier molecular flexibility index (Phi) is 2.70. The lowest BCUT2D eigenvalue weighted by Gasteiger charge is -2.41. The minimum Gasteiger partial charge on any atom is -0.298 e. The van der Waals surface area contributed by atoms with Crippen molar-refractivity contribution in [3.63, 3.8) is 0 Å². The Hall–Kier alpha value is -0.340. The zero-order valence-electron chi connectivity index (χ0n) is 8.36. The van der Waals surface area contributed by atoms with Gasteiger partial charge in [-0.05, 0) is 23.3 Å². The van der Waals surface area contributed by atoms with Crippen molar-refractivity contribution in [3.05, 3.63) is 22.4 Å². The lowest BCUT2D eigenvalue weighted by Crippen LogP contribution is -2.47. The highest BCUT2D eigenvalue weighted by molar-refractivity contribution is 7.09. The largest absolute Gasteiger partial charge is 0.298 e. The van der Waals surface area contributed by atoms with E-state index in [1.807, 2.05) is 11.3 Å². The van der Waals surface area contributed by atoms with Gasteiger partial charge < -0.3 is 0 Å². The molecule has 0 aliphatic carbocycles. The Labute approximate surface area is 84.4 Å². The van der Waals surface area contributed by atoms with Crippen LogP contribution in [0.1, 0.15) is 18.7 Å². The molecule has 0 saturated carbocycles. The maximum absolute atomic E-state index is 2.54. The minimum absolute atomic E-state index is 0.861. The zero-order chi connectivity index (χ0) is 9.26. The van der Waals surface area contributed by atoms with Crippen LogP contribution < -0.4 is 0 Å². The fraction of sp³-hybridized carbons (Fsp3) is 0.636. The Morgan fingerprint density at radius 2 is 2.31 bits per heavy atom. The number of hydrogen-bond donors (Lipinski definition) is 0. The van der Waals surface area contributed by atoms with Crippen LogP contribution in [0, 0.1) is 11.8 Å². The molecule has 1 saturated heterocycles. The van der Waals surface area contributed by atoms with Crippen molar-refractivity contribution >= 4 is 11.3 Å². The van der Waals surface area contributed by atoms with E-state index in [2.05, 4.69) is 36.3 Å². The average molecular weight is 195 g/mol.